The topological polar surface area (TPSA) is 50.4 Å². The zero-order valence-corrected chi connectivity index (χ0v) is 13.6. The second-order valence-electron chi connectivity index (χ2n) is 5.68. The summed E-state index contributed by atoms with van der Waals surface area (Å²) in [5.74, 6) is -0.862. The molecule has 0 atom stereocenters. The van der Waals surface area contributed by atoms with Crippen molar-refractivity contribution in [2.45, 2.75) is 26.4 Å². The minimum absolute atomic E-state index is 0.0573. The highest BCUT2D eigenvalue weighted by molar-refractivity contribution is 5.78. The Morgan fingerprint density at radius 1 is 1.04 bits per heavy atom. The molecule has 0 aliphatic carbocycles. The smallest absolute Gasteiger partial charge is 0.234 e. The molecule has 0 spiro atoms. The summed E-state index contributed by atoms with van der Waals surface area (Å²) in [6.07, 6.45) is 0. The van der Waals surface area contributed by atoms with Gasteiger partial charge in [-0.1, -0.05) is 12.1 Å². The van der Waals surface area contributed by atoms with E-state index in [2.05, 4.69) is 10.6 Å². The second-order valence-corrected chi connectivity index (χ2v) is 5.68. The molecule has 0 bridgehead atoms. The maximum absolute atomic E-state index is 13.1. The van der Waals surface area contributed by atoms with Gasteiger partial charge in [-0.05, 0) is 31.5 Å². The van der Waals surface area contributed by atoms with Crippen LogP contribution in [0.5, 0.6) is 11.5 Å². The minimum Gasteiger partial charge on any atom is -0.457 e. The number of hydrogen-bond donors (Lipinski definition) is 2. The average molecular weight is 334 g/mol. The fraction of sp³-hybridized carbons (Fsp3) is 0.278. The number of nitrogens with one attached hydrogen (secondary N) is 2. The van der Waals surface area contributed by atoms with Crippen molar-refractivity contribution < 1.29 is 18.3 Å². The molecule has 0 aliphatic heterocycles. The summed E-state index contributed by atoms with van der Waals surface area (Å²) in [4.78, 5) is 11.5. The van der Waals surface area contributed by atoms with Crippen molar-refractivity contribution in [2.75, 3.05) is 6.54 Å². The van der Waals surface area contributed by atoms with Gasteiger partial charge in [0.2, 0.25) is 5.91 Å². The molecule has 2 aromatic carbocycles. The third-order valence-corrected chi connectivity index (χ3v) is 3.06. The Morgan fingerprint density at radius 2 is 1.67 bits per heavy atom. The van der Waals surface area contributed by atoms with E-state index in [0.717, 1.165) is 23.8 Å². The van der Waals surface area contributed by atoms with Gasteiger partial charge in [0.05, 0.1) is 6.54 Å². The van der Waals surface area contributed by atoms with Crippen LogP contribution in [-0.2, 0) is 11.3 Å². The highest BCUT2D eigenvalue weighted by Gasteiger charge is 2.04. The fourth-order valence-electron chi connectivity index (χ4n) is 2.09. The fourth-order valence-corrected chi connectivity index (χ4v) is 2.09. The van der Waals surface area contributed by atoms with Gasteiger partial charge in [0.15, 0.2) is 0 Å². The van der Waals surface area contributed by atoms with Gasteiger partial charge in [0.25, 0.3) is 0 Å². The van der Waals surface area contributed by atoms with Gasteiger partial charge in [-0.25, -0.2) is 8.78 Å². The van der Waals surface area contributed by atoms with Gasteiger partial charge in [-0.15, -0.1) is 0 Å². The predicted molar refractivity (Wildman–Crippen MR) is 87.9 cm³/mol. The zero-order chi connectivity index (χ0) is 17.5. The number of carbonyl (C=O) groups excluding carboxylic acids is 1. The van der Waals surface area contributed by atoms with Crippen LogP contribution in [0.3, 0.4) is 0 Å². The van der Waals surface area contributed by atoms with Crippen molar-refractivity contribution in [3.8, 4) is 11.5 Å². The van der Waals surface area contributed by atoms with E-state index in [1.165, 1.54) is 0 Å². The van der Waals surface area contributed by atoms with E-state index in [-0.39, 0.29) is 24.2 Å². The first kappa shape index (κ1) is 17.9. The van der Waals surface area contributed by atoms with E-state index in [0.29, 0.717) is 12.3 Å². The van der Waals surface area contributed by atoms with Gasteiger partial charge in [-0.3, -0.25) is 4.79 Å². The molecule has 0 unspecified atom stereocenters. The third-order valence-electron chi connectivity index (χ3n) is 3.06. The van der Waals surface area contributed by atoms with Crippen molar-refractivity contribution >= 4 is 5.91 Å². The first-order chi connectivity index (χ1) is 11.4. The molecule has 0 heterocycles. The molecule has 0 radical (unpaired) electrons. The lowest BCUT2D eigenvalue weighted by Gasteiger charge is -2.10. The normalized spacial score (nSPS) is 10.7. The summed E-state index contributed by atoms with van der Waals surface area (Å²) < 4.78 is 31.7. The summed E-state index contributed by atoms with van der Waals surface area (Å²) >= 11 is 0. The molecule has 24 heavy (non-hydrogen) atoms. The molecule has 0 aliphatic rings. The van der Waals surface area contributed by atoms with Gasteiger partial charge in [0.1, 0.15) is 23.1 Å². The SMILES string of the molecule is CC(C)NC(=O)CNCc1ccc(Oc2cc(F)cc(F)c2)cc1. The van der Waals surface area contributed by atoms with E-state index in [1.54, 1.807) is 12.1 Å². The van der Waals surface area contributed by atoms with Gasteiger partial charge in [-0.2, -0.15) is 0 Å². The van der Waals surface area contributed by atoms with E-state index in [9.17, 15) is 13.6 Å². The Labute approximate surface area is 139 Å². The maximum Gasteiger partial charge on any atom is 0.234 e. The number of halogens is 2. The third kappa shape index (κ3) is 5.96. The van der Waals surface area contributed by atoms with Gasteiger partial charge >= 0.3 is 0 Å². The van der Waals surface area contributed by atoms with Crippen molar-refractivity contribution in [2.24, 2.45) is 0 Å². The highest BCUT2D eigenvalue weighted by atomic mass is 19.1. The average Bonchev–Trinajstić information content (AvgIpc) is 2.47. The van der Waals surface area contributed by atoms with Crippen LogP contribution in [0.15, 0.2) is 42.5 Å². The minimum atomic E-state index is -0.689. The lowest BCUT2D eigenvalue weighted by Crippen LogP contribution is -2.37. The molecule has 0 fully saturated rings. The summed E-state index contributed by atoms with van der Waals surface area (Å²) in [5, 5.41) is 5.83. The summed E-state index contributed by atoms with van der Waals surface area (Å²) in [6.45, 7) is 4.57. The Bertz CT molecular complexity index is 668. The standard InChI is InChI=1S/C18H20F2N2O2/c1-12(2)22-18(23)11-21-10-13-3-5-16(6-4-13)24-17-8-14(19)7-15(20)9-17/h3-9,12,21H,10-11H2,1-2H3,(H,22,23). The predicted octanol–water partition coefficient (Wildman–Crippen LogP) is 3.37. The lowest BCUT2D eigenvalue weighted by molar-refractivity contribution is -0.120. The summed E-state index contributed by atoms with van der Waals surface area (Å²) in [7, 11) is 0. The quantitative estimate of drug-likeness (QED) is 0.816. The van der Waals surface area contributed by atoms with Gasteiger partial charge < -0.3 is 15.4 Å². The Morgan fingerprint density at radius 3 is 2.25 bits per heavy atom. The molecule has 0 aromatic heterocycles. The van der Waals surface area contributed by atoms with Crippen LogP contribution in [-0.4, -0.2) is 18.5 Å². The first-order valence-electron chi connectivity index (χ1n) is 7.65. The molecular weight excluding hydrogens is 314 g/mol. The molecule has 1 amide bonds. The molecular formula is C18H20F2N2O2. The Hall–Kier alpha value is -2.47. The zero-order valence-electron chi connectivity index (χ0n) is 13.6. The Balaban J connectivity index is 1.85. The number of amides is 1. The number of hydrogen-bond acceptors (Lipinski definition) is 3. The largest absolute Gasteiger partial charge is 0.457 e. The van der Waals surface area contributed by atoms with E-state index < -0.39 is 11.6 Å². The molecule has 4 nitrogen and oxygen atoms in total. The molecule has 2 aromatic rings. The number of carbonyl (C=O) groups is 1. The maximum atomic E-state index is 13.1. The molecule has 0 saturated heterocycles. The molecule has 128 valence electrons. The first-order valence-corrected chi connectivity index (χ1v) is 7.65. The van der Waals surface area contributed by atoms with Crippen LogP contribution >= 0.6 is 0 Å². The second kappa shape index (κ2) is 8.40. The molecule has 2 rings (SSSR count). The summed E-state index contributed by atoms with van der Waals surface area (Å²) in [6, 6.07) is 10.2. The van der Waals surface area contributed by atoms with Crippen LogP contribution in [0, 0.1) is 11.6 Å². The van der Waals surface area contributed by atoms with Crippen molar-refractivity contribution in [1.82, 2.24) is 10.6 Å². The Kier molecular flexibility index (Phi) is 6.26. The van der Waals surface area contributed by atoms with E-state index in [4.69, 9.17) is 4.74 Å². The van der Waals surface area contributed by atoms with Crippen molar-refractivity contribution in [1.29, 1.82) is 0 Å². The van der Waals surface area contributed by atoms with Crippen molar-refractivity contribution in [3.05, 3.63) is 59.7 Å². The van der Waals surface area contributed by atoms with Crippen LogP contribution < -0.4 is 15.4 Å². The number of benzene rings is 2. The van der Waals surface area contributed by atoms with Crippen LogP contribution in [0.2, 0.25) is 0 Å². The van der Waals surface area contributed by atoms with E-state index >= 15 is 0 Å². The molecule has 2 N–H and O–H groups in total. The monoisotopic (exact) mass is 334 g/mol. The van der Waals surface area contributed by atoms with Crippen LogP contribution in [0.4, 0.5) is 8.78 Å². The molecule has 6 heteroatoms. The van der Waals surface area contributed by atoms with Crippen LogP contribution in [0.1, 0.15) is 19.4 Å². The molecule has 0 saturated carbocycles. The highest BCUT2D eigenvalue weighted by Crippen LogP contribution is 2.23. The lowest BCUT2D eigenvalue weighted by atomic mass is 10.2. The van der Waals surface area contributed by atoms with E-state index in [1.807, 2.05) is 26.0 Å². The van der Waals surface area contributed by atoms with Crippen molar-refractivity contribution in [3.63, 3.8) is 0 Å². The summed E-state index contributed by atoms with van der Waals surface area (Å²) in [5.41, 5.74) is 0.963. The van der Waals surface area contributed by atoms with Gasteiger partial charge in [0, 0.05) is 30.8 Å². The number of ether oxygens (including phenoxy) is 1. The number of rotatable bonds is 7. The van der Waals surface area contributed by atoms with Crippen LogP contribution in [0.25, 0.3) is 0 Å².